The normalized spacial score (nSPS) is 12.2. The zero-order valence-corrected chi connectivity index (χ0v) is 11.4. The molecule has 0 aliphatic carbocycles. The summed E-state index contributed by atoms with van der Waals surface area (Å²) in [5.74, 6) is -1.12. The van der Waals surface area contributed by atoms with Crippen molar-refractivity contribution in [1.29, 1.82) is 0 Å². The van der Waals surface area contributed by atoms with Gasteiger partial charge in [0.2, 0.25) is 0 Å². The second-order valence-electron chi connectivity index (χ2n) is 3.86. The predicted octanol–water partition coefficient (Wildman–Crippen LogP) is 3.52. The first-order valence-corrected chi connectivity index (χ1v) is 6.20. The van der Waals surface area contributed by atoms with Crippen molar-refractivity contribution < 1.29 is 13.9 Å². The molecule has 1 aromatic carbocycles. The average Bonchev–Trinajstić information content (AvgIpc) is 2.23. The number of hydrogen-bond acceptors (Lipinski definition) is 3. The van der Waals surface area contributed by atoms with Crippen molar-refractivity contribution in [3.05, 3.63) is 28.0 Å². The Morgan fingerprint density at radius 2 is 2.24 bits per heavy atom. The Morgan fingerprint density at radius 1 is 1.59 bits per heavy atom. The standard InChI is InChI=1S/C12H15BrFNO2/c1-3-4-7(2)17-12(16)8-5-10(14)9(13)6-11(8)15/h5-7H,3-4,15H2,1-2H3. The molecule has 0 radical (unpaired) electrons. The van der Waals surface area contributed by atoms with Gasteiger partial charge in [-0.15, -0.1) is 0 Å². The van der Waals surface area contributed by atoms with E-state index >= 15 is 0 Å². The summed E-state index contributed by atoms with van der Waals surface area (Å²) in [5.41, 5.74) is 5.91. The number of ether oxygens (including phenoxy) is 1. The minimum atomic E-state index is -0.588. The molecule has 94 valence electrons. The molecule has 0 spiro atoms. The molecule has 0 bridgehead atoms. The van der Waals surface area contributed by atoms with Crippen LogP contribution in [0.1, 0.15) is 37.0 Å². The quantitative estimate of drug-likeness (QED) is 0.684. The first-order chi connectivity index (χ1) is 7.95. The lowest BCUT2D eigenvalue weighted by Crippen LogP contribution is -2.16. The molecule has 17 heavy (non-hydrogen) atoms. The summed E-state index contributed by atoms with van der Waals surface area (Å²) in [7, 11) is 0. The van der Waals surface area contributed by atoms with Crippen LogP contribution in [0.15, 0.2) is 16.6 Å². The summed E-state index contributed by atoms with van der Waals surface area (Å²) in [6.45, 7) is 3.80. The maximum Gasteiger partial charge on any atom is 0.340 e. The lowest BCUT2D eigenvalue weighted by atomic mass is 10.1. The van der Waals surface area contributed by atoms with Gasteiger partial charge in [0.15, 0.2) is 0 Å². The molecule has 0 aliphatic rings. The number of anilines is 1. The second-order valence-corrected chi connectivity index (χ2v) is 4.71. The number of benzene rings is 1. The molecule has 3 nitrogen and oxygen atoms in total. The van der Waals surface area contributed by atoms with Crippen LogP contribution in [-0.2, 0) is 4.74 Å². The van der Waals surface area contributed by atoms with Crippen LogP contribution in [0.2, 0.25) is 0 Å². The fourth-order valence-electron chi connectivity index (χ4n) is 1.45. The summed E-state index contributed by atoms with van der Waals surface area (Å²) in [6, 6.07) is 2.44. The molecule has 0 amide bonds. The Labute approximate surface area is 108 Å². The third-order valence-electron chi connectivity index (χ3n) is 2.32. The van der Waals surface area contributed by atoms with Crippen LogP contribution in [0.3, 0.4) is 0 Å². The van der Waals surface area contributed by atoms with E-state index in [1.165, 1.54) is 6.07 Å². The largest absolute Gasteiger partial charge is 0.459 e. The molecule has 0 aliphatic heterocycles. The van der Waals surface area contributed by atoms with Crippen molar-refractivity contribution in [3.63, 3.8) is 0 Å². The zero-order chi connectivity index (χ0) is 13.0. The van der Waals surface area contributed by atoms with E-state index < -0.39 is 11.8 Å². The van der Waals surface area contributed by atoms with Crippen LogP contribution in [0, 0.1) is 5.82 Å². The van der Waals surface area contributed by atoms with E-state index in [1.807, 2.05) is 6.92 Å². The van der Waals surface area contributed by atoms with Gasteiger partial charge < -0.3 is 10.5 Å². The predicted molar refractivity (Wildman–Crippen MR) is 68.3 cm³/mol. The van der Waals surface area contributed by atoms with Gasteiger partial charge in [-0.05, 0) is 41.4 Å². The Balaban J connectivity index is 2.86. The molecule has 1 unspecified atom stereocenters. The van der Waals surface area contributed by atoms with Crippen LogP contribution >= 0.6 is 15.9 Å². The van der Waals surface area contributed by atoms with Gasteiger partial charge in [-0.1, -0.05) is 13.3 Å². The summed E-state index contributed by atoms with van der Waals surface area (Å²) in [6.07, 6.45) is 1.49. The van der Waals surface area contributed by atoms with Crippen LogP contribution in [0.25, 0.3) is 0 Å². The highest BCUT2D eigenvalue weighted by atomic mass is 79.9. The number of carbonyl (C=O) groups is 1. The van der Waals surface area contributed by atoms with E-state index in [1.54, 1.807) is 6.92 Å². The minimum absolute atomic E-state index is 0.0636. The molecule has 0 saturated heterocycles. The van der Waals surface area contributed by atoms with Crippen molar-refractivity contribution in [2.24, 2.45) is 0 Å². The van der Waals surface area contributed by atoms with Gasteiger partial charge in [-0.25, -0.2) is 9.18 Å². The van der Waals surface area contributed by atoms with Gasteiger partial charge in [0.05, 0.1) is 16.1 Å². The second kappa shape index (κ2) is 6.00. The molecular formula is C12H15BrFNO2. The molecule has 5 heteroatoms. The molecular weight excluding hydrogens is 289 g/mol. The fourth-order valence-corrected chi connectivity index (χ4v) is 1.81. The number of carbonyl (C=O) groups excluding carboxylic acids is 1. The summed E-state index contributed by atoms with van der Waals surface area (Å²) in [4.78, 5) is 11.7. The Hall–Kier alpha value is -1.10. The van der Waals surface area contributed by atoms with Gasteiger partial charge in [0, 0.05) is 5.69 Å². The van der Waals surface area contributed by atoms with Crippen molar-refractivity contribution >= 4 is 27.6 Å². The summed E-state index contributed by atoms with van der Waals surface area (Å²) in [5, 5.41) is 0. The van der Waals surface area contributed by atoms with E-state index in [0.717, 1.165) is 18.9 Å². The third kappa shape index (κ3) is 3.70. The molecule has 1 atom stereocenters. The van der Waals surface area contributed by atoms with Crippen molar-refractivity contribution in [1.82, 2.24) is 0 Å². The highest BCUT2D eigenvalue weighted by Gasteiger charge is 2.16. The molecule has 0 saturated carbocycles. The monoisotopic (exact) mass is 303 g/mol. The fraction of sp³-hybridized carbons (Fsp3) is 0.417. The maximum atomic E-state index is 13.3. The summed E-state index contributed by atoms with van der Waals surface area (Å²) < 4.78 is 18.7. The van der Waals surface area contributed by atoms with Crippen molar-refractivity contribution in [2.75, 3.05) is 5.73 Å². The zero-order valence-electron chi connectivity index (χ0n) is 9.80. The Kier molecular flexibility index (Phi) is 4.93. The van der Waals surface area contributed by atoms with Crippen molar-refractivity contribution in [3.8, 4) is 0 Å². The van der Waals surface area contributed by atoms with E-state index in [-0.39, 0.29) is 21.8 Å². The first-order valence-electron chi connectivity index (χ1n) is 5.41. The molecule has 0 heterocycles. The first kappa shape index (κ1) is 14.0. The molecule has 1 rings (SSSR count). The maximum absolute atomic E-state index is 13.3. The third-order valence-corrected chi connectivity index (χ3v) is 2.92. The van der Waals surface area contributed by atoms with Crippen LogP contribution in [-0.4, -0.2) is 12.1 Å². The van der Waals surface area contributed by atoms with Gasteiger partial charge in [0.1, 0.15) is 5.82 Å². The molecule has 0 fully saturated rings. The van der Waals surface area contributed by atoms with E-state index in [4.69, 9.17) is 10.5 Å². The van der Waals surface area contributed by atoms with Crippen LogP contribution in [0.4, 0.5) is 10.1 Å². The van der Waals surface area contributed by atoms with Gasteiger partial charge in [-0.3, -0.25) is 0 Å². The highest BCUT2D eigenvalue weighted by Crippen LogP contribution is 2.23. The topological polar surface area (TPSA) is 52.3 Å². The van der Waals surface area contributed by atoms with E-state index in [9.17, 15) is 9.18 Å². The summed E-state index contributed by atoms with van der Waals surface area (Å²) >= 11 is 3.00. The number of nitrogens with two attached hydrogens (primary N) is 1. The molecule has 0 aromatic heterocycles. The van der Waals surface area contributed by atoms with Gasteiger partial charge in [-0.2, -0.15) is 0 Å². The number of esters is 1. The lowest BCUT2D eigenvalue weighted by molar-refractivity contribution is 0.0324. The van der Waals surface area contributed by atoms with Crippen LogP contribution < -0.4 is 5.73 Å². The Morgan fingerprint density at radius 3 is 2.82 bits per heavy atom. The number of nitrogen functional groups attached to an aromatic ring is 1. The van der Waals surface area contributed by atoms with E-state index in [0.29, 0.717) is 0 Å². The number of hydrogen-bond donors (Lipinski definition) is 1. The molecule has 2 N–H and O–H groups in total. The van der Waals surface area contributed by atoms with Crippen molar-refractivity contribution in [2.45, 2.75) is 32.8 Å². The number of rotatable bonds is 4. The smallest absolute Gasteiger partial charge is 0.340 e. The number of halogens is 2. The van der Waals surface area contributed by atoms with E-state index in [2.05, 4.69) is 15.9 Å². The SMILES string of the molecule is CCCC(C)OC(=O)c1cc(F)c(Br)cc1N. The van der Waals surface area contributed by atoms with Gasteiger partial charge in [0.25, 0.3) is 0 Å². The average molecular weight is 304 g/mol. The Bertz CT molecular complexity index is 423. The van der Waals surface area contributed by atoms with Crippen LogP contribution in [0.5, 0.6) is 0 Å². The van der Waals surface area contributed by atoms with Gasteiger partial charge >= 0.3 is 5.97 Å². The lowest BCUT2D eigenvalue weighted by Gasteiger charge is -2.13. The minimum Gasteiger partial charge on any atom is -0.459 e. The molecule has 1 aromatic rings. The highest BCUT2D eigenvalue weighted by molar-refractivity contribution is 9.10.